The molecule has 0 spiro atoms. The topological polar surface area (TPSA) is 29.5 Å². The first-order valence-electron chi connectivity index (χ1n) is 5.72. The van der Waals surface area contributed by atoms with Gasteiger partial charge in [-0.25, -0.2) is 0 Å². The van der Waals surface area contributed by atoms with Crippen molar-refractivity contribution in [2.75, 3.05) is 23.1 Å². The minimum absolute atomic E-state index is 0.0956. The molecule has 0 fully saturated rings. The van der Waals surface area contributed by atoms with Gasteiger partial charge in [-0.15, -0.1) is 0 Å². The minimum Gasteiger partial charge on any atom is -0.455 e. The van der Waals surface area contributed by atoms with Crippen molar-refractivity contribution in [3.63, 3.8) is 0 Å². The average Bonchev–Trinajstić information content (AvgIpc) is 2.36. The Labute approximate surface area is 116 Å². The largest absolute Gasteiger partial charge is 0.455 e. The Morgan fingerprint density at radius 1 is 1.29 bits per heavy atom. The molecule has 0 heterocycles. The highest BCUT2D eigenvalue weighted by Crippen LogP contribution is 2.12. The molecular weight excluding hydrogens is 329 g/mol. The van der Waals surface area contributed by atoms with E-state index in [-0.39, 0.29) is 5.97 Å². The molecule has 1 rings (SSSR count). The Balaban J connectivity index is 2.17. The molecule has 0 saturated carbocycles. The third-order valence-electron chi connectivity index (χ3n) is 2.54. The second-order valence-electron chi connectivity index (χ2n) is 3.84. The summed E-state index contributed by atoms with van der Waals surface area (Å²) in [7, 11) is 2.07. The summed E-state index contributed by atoms with van der Waals surface area (Å²) in [6, 6.07) is 10.2. The maximum Gasteiger partial charge on any atom is 0.306 e. The van der Waals surface area contributed by atoms with Crippen molar-refractivity contribution < 1.29 is 9.53 Å². The molecule has 0 saturated heterocycles. The lowest BCUT2D eigenvalue weighted by molar-refractivity contribution is -0.141. The van der Waals surface area contributed by atoms with E-state index in [9.17, 15) is 4.79 Å². The SMILES string of the molecule is CN(CCCCC(=O)OCI)c1ccccc1. The van der Waals surface area contributed by atoms with E-state index in [2.05, 4.69) is 24.1 Å². The van der Waals surface area contributed by atoms with E-state index in [4.69, 9.17) is 4.74 Å². The third-order valence-corrected chi connectivity index (χ3v) is 2.85. The standard InChI is InChI=1S/C13H18INO2/c1-15(12-7-3-2-4-8-12)10-6-5-9-13(16)17-11-14/h2-4,7-8H,5-6,9-11H2,1H3. The summed E-state index contributed by atoms with van der Waals surface area (Å²) in [5, 5.41) is 0. The van der Waals surface area contributed by atoms with Crippen molar-refractivity contribution in [2.24, 2.45) is 0 Å². The van der Waals surface area contributed by atoms with E-state index in [1.807, 2.05) is 40.8 Å². The van der Waals surface area contributed by atoms with E-state index in [1.54, 1.807) is 0 Å². The molecule has 0 aliphatic heterocycles. The second kappa shape index (κ2) is 8.33. The predicted molar refractivity (Wildman–Crippen MR) is 78.5 cm³/mol. The van der Waals surface area contributed by atoms with Gasteiger partial charge in [0.05, 0.1) is 0 Å². The number of unbranched alkanes of at least 4 members (excludes halogenated alkanes) is 1. The maximum absolute atomic E-state index is 11.1. The molecule has 0 radical (unpaired) electrons. The third kappa shape index (κ3) is 5.91. The van der Waals surface area contributed by atoms with Crippen LogP contribution in [0.5, 0.6) is 0 Å². The van der Waals surface area contributed by atoms with Crippen molar-refractivity contribution >= 4 is 34.2 Å². The fraction of sp³-hybridized carbons (Fsp3) is 0.462. The zero-order chi connectivity index (χ0) is 12.5. The second-order valence-corrected chi connectivity index (χ2v) is 4.46. The zero-order valence-electron chi connectivity index (χ0n) is 10.1. The van der Waals surface area contributed by atoms with Gasteiger partial charge in [-0.3, -0.25) is 4.79 Å². The molecule has 0 aliphatic carbocycles. The maximum atomic E-state index is 11.1. The van der Waals surface area contributed by atoms with Crippen LogP contribution in [0.15, 0.2) is 30.3 Å². The molecule has 0 aromatic heterocycles. The minimum atomic E-state index is -0.0956. The van der Waals surface area contributed by atoms with E-state index < -0.39 is 0 Å². The molecule has 0 bridgehead atoms. The lowest BCUT2D eigenvalue weighted by Gasteiger charge is -2.18. The number of hydrogen-bond acceptors (Lipinski definition) is 3. The summed E-state index contributed by atoms with van der Waals surface area (Å²) < 4.78 is 5.31. The first-order valence-corrected chi connectivity index (χ1v) is 7.24. The number of benzene rings is 1. The van der Waals surface area contributed by atoms with Crippen LogP contribution in [-0.2, 0) is 9.53 Å². The summed E-state index contributed by atoms with van der Waals surface area (Å²) in [5.74, 6) is -0.0956. The van der Waals surface area contributed by atoms with Crippen molar-refractivity contribution in [2.45, 2.75) is 19.3 Å². The number of anilines is 1. The number of ether oxygens (including phenoxy) is 1. The van der Waals surface area contributed by atoms with Crippen LogP contribution in [0.1, 0.15) is 19.3 Å². The Bertz CT molecular complexity index is 329. The quantitative estimate of drug-likeness (QED) is 0.328. The smallest absolute Gasteiger partial charge is 0.306 e. The zero-order valence-corrected chi connectivity index (χ0v) is 12.2. The lowest BCUT2D eigenvalue weighted by atomic mass is 10.2. The number of rotatable bonds is 7. The van der Waals surface area contributed by atoms with Gasteiger partial charge in [0.2, 0.25) is 0 Å². The van der Waals surface area contributed by atoms with E-state index in [0.29, 0.717) is 11.0 Å². The summed E-state index contributed by atoms with van der Waals surface area (Å²) >= 11 is 2.03. The molecule has 0 atom stereocenters. The van der Waals surface area contributed by atoms with Crippen molar-refractivity contribution in [3.8, 4) is 0 Å². The average molecular weight is 347 g/mol. The molecule has 17 heavy (non-hydrogen) atoms. The number of hydrogen-bond donors (Lipinski definition) is 0. The fourth-order valence-electron chi connectivity index (χ4n) is 1.56. The molecule has 0 aliphatic rings. The van der Waals surface area contributed by atoms with Gasteiger partial charge >= 0.3 is 5.97 Å². The number of carbonyl (C=O) groups excluding carboxylic acids is 1. The van der Waals surface area contributed by atoms with Crippen LogP contribution in [-0.4, -0.2) is 24.2 Å². The number of carbonyl (C=O) groups is 1. The van der Waals surface area contributed by atoms with Crippen molar-refractivity contribution in [1.29, 1.82) is 0 Å². The normalized spacial score (nSPS) is 10.0. The lowest BCUT2D eigenvalue weighted by Crippen LogP contribution is -2.18. The summed E-state index contributed by atoms with van der Waals surface area (Å²) in [6.45, 7) is 0.960. The van der Waals surface area contributed by atoms with Gasteiger partial charge < -0.3 is 9.64 Å². The predicted octanol–water partition coefficient (Wildman–Crippen LogP) is 3.23. The van der Waals surface area contributed by atoms with Crippen LogP contribution < -0.4 is 4.90 Å². The van der Waals surface area contributed by atoms with Gasteiger partial charge in [0.25, 0.3) is 0 Å². The number of alkyl halides is 1. The van der Waals surface area contributed by atoms with Crippen LogP contribution in [0.3, 0.4) is 0 Å². The van der Waals surface area contributed by atoms with Crippen LogP contribution in [0.4, 0.5) is 5.69 Å². The van der Waals surface area contributed by atoms with Gasteiger partial charge in [-0.1, -0.05) is 18.2 Å². The summed E-state index contributed by atoms with van der Waals surface area (Å²) in [6.07, 6.45) is 2.40. The Hall–Kier alpha value is -0.780. The Morgan fingerprint density at radius 3 is 2.65 bits per heavy atom. The molecular formula is C13H18INO2. The highest BCUT2D eigenvalue weighted by atomic mass is 127. The first kappa shape index (κ1) is 14.3. The van der Waals surface area contributed by atoms with E-state index in [1.165, 1.54) is 5.69 Å². The van der Waals surface area contributed by atoms with Crippen LogP contribution in [0, 0.1) is 0 Å². The Morgan fingerprint density at radius 2 is 2.00 bits per heavy atom. The van der Waals surface area contributed by atoms with Gasteiger partial charge in [0.15, 0.2) is 0 Å². The van der Waals surface area contributed by atoms with Crippen LogP contribution >= 0.6 is 22.6 Å². The summed E-state index contributed by atoms with van der Waals surface area (Å²) in [4.78, 5) is 13.3. The van der Waals surface area contributed by atoms with Crippen molar-refractivity contribution in [3.05, 3.63) is 30.3 Å². The number of esters is 1. The number of nitrogens with zero attached hydrogens (tertiary/aromatic N) is 1. The molecule has 4 heteroatoms. The monoisotopic (exact) mass is 347 g/mol. The molecule has 0 N–H and O–H groups in total. The van der Waals surface area contributed by atoms with Crippen LogP contribution in [0.2, 0.25) is 0 Å². The first-order chi connectivity index (χ1) is 8.24. The molecule has 1 aromatic carbocycles. The molecule has 1 aromatic rings. The fourth-order valence-corrected chi connectivity index (χ4v) is 1.91. The molecule has 94 valence electrons. The number of para-hydroxylation sites is 1. The summed E-state index contributed by atoms with van der Waals surface area (Å²) in [5.41, 5.74) is 1.21. The molecule has 0 unspecified atom stereocenters. The molecule has 3 nitrogen and oxygen atoms in total. The Kier molecular flexibility index (Phi) is 7.00. The molecule has 0 amide bonds. The van der Waals surface area contributed by atoms with Crippen molar-refractivity contribution in [1.82, 2.24) is 0 Å². The highest BCUT2D eigenvalue weighted by Gasteiger charge is 2.03. The highest BCUT2D eigenvalue weighted by molar-refractivity contribution is 14.1. The van der Waals surface area contributed by atoms with Crippen LogP contribution in [0.25, 0.3) is 0 Å². The number of halogens is 1. The van der Waals surface area contributed by atoms with Gasteiger partial charge in [0.1, 0.15) is 4.61 Å². The van der Waals surface area contributed by atoms with Gasteiger partial charge in [0, 0.05) is 25.7 Å². The van der Waals surface area contributed by atoms with E-state index >= 15 is 0 Å². The van der Waals surface area contributed by atoms with E-state index in [0.717, 1.165) is 19.4 Å². The van der Waals surface area contributed by atoms with Gasteiger partial charge in [-0.05, 0) is 47.6 Å². The van der Waals surface area contributed by atoms with Gasteiger partial charge in [-0.2, -0.15) is 0 Å².